The highest BCUT2D eigenvalue weighted by Crippen LogP contribution is 2.39. The molecule has 0 bridgehead atoms. The van der Waals surface area contributed by atoms with E-state index in [4.69, 9.17) is 4.74 Å². The number of rotatable bonds is 4. The monoisotopic (exact) mass is 327 g/mol. The number of fused-ring (bicyclic) bond motifs is 1. The van der Waals surface area contributed by atoms with Gasteiger partial charge in [-0.15, -0.1) is 0 Å². The first-order valence-electron chi connectivity index (χ1n) is 8.34. The van der Waals surface area contributed by atoms with Crippen molar-refractivity contribution in [3.63, 3.8) is 0 Å². The van der Waals surface area contributed by atoms with E-state index in [0.29, 0.717) is 6.54 Å². The standard InChI is InChI=1S/C20H22FNO2/c1-4-22(14(3)15-9-11-16(21)12-10-15)20(23)19-13(2)17-7-5-6-8-18(17)24-19/h5-14,19H,4H2,1-3H3. The van der Waals surface area contributed by atoms with E-state index < -0.39 is 6.10 Å². The van der Waals surface area contributed by atoms with Gasteiger partial charge in [0, 0.05) is 18.0 Å². The summed E-state index contributed by atoms with van der Waals surface area (Å²) in [5.74, 6) is 0.499. The number of halogens is 1. The van der Waals surface area contributed by atoms with Gasteiger partial charge in [-0.1, -0.05) is 37.3 Å². The van der Waals surface area contributed by atoms with Crippen molar-refractivity contribution < 1.29 is 13.9 Å². The molecule has 0 spiro atoms. The third kappa shape index (κ3) is 2.88. The summed E-state index contributed by atoms with van der Waals surface area (Å²) >= 11 is 0. The maximum atomic E-state index is 13.1. The fourth-order valence-corrected chi connectivity index (χ4v) is 3.34. The molecule has 0 aliphatic carbocycles. The number of nitrogens with zero attached hydrogens (tertiary/aromatic N) is 1. The van der Waals surface area contributed by atoms with Crippen LogP contribution in [0.5, 0.6) is 5.75 Å². The minimum atomic E-state index is -0.509. The quantitative estimate of drug-likeness (QED) is 0.838. The Morgan fingerprint density at radius 1 is 1.21 bits per heavy atom. The normalized spacial score (nSPS) is 20.2. The fraction of sp³-hybridized carbons (Fsp3) is 0.350. The minimum Gasteiger partial charge on any atom is -0.480 e. The van der Waals surface area contributed by atoms with Gasteiger partial charge in [-0.2, -0.15) is 0 Å². The van der Waals surface area contributed by atoms with E-state index in [1.165, 1.54) is 12.1 Å². The molecule has 4 heteroatoms. The summed E-state index contributed by atoms with van der Waals surface area (Å²) in [6.07, 6.45) is -0.509. The lowest BCUT2D eigenvalue weighted by Crippen LogP contribution is -2.43. The van der Waals surface area contributed by atoms with Gasteiger partial charge in [-0.3, -0.25) is 4.79 Å². The molecule has 3 nitrogen and oxygen atoms in total. The van der Waals surface area contributed by atoms with E-state index in [1.54, 1.807) is 17.0 Å². The summed E-state index contributed by atoms with van der Waals surface area (Å²) in [5, 5.41) is 0. The van der Waals surface area contributed by atoms with Crippen LogP contribution in [0.25, 0.3) is 0 Å². The highest BCUT2D eigenvalue weighted by atomic mass is 19.1. The highest BCUT2D eigenvalue weighted by molar-refractivity contribution is 5.84. The minimum absolute atomic E-state index is 0.0168. The molecule has 0 saturated carbocycles. The summed E-state index contributed by atoms with van der Waals surface area (Å²) < 4.78 is 19.1. The van der Waals surface area contributed by atoms with Crippen molar-refractivity contribution >= 4 is 5.91 Å². The Morgan fingerprint density at radius 2 is 1.88 bits per heavy atom. The molecular formula is C20H22FNO2. The van der Waals surface area contributed by atoms with Crippen molar-refractivity contribution in [2.24, 2.45) is 0 Å². The Balaban J connectivity index is 1.81. The second-order valence-electron chi connectivity index (χ2n) is 6.22. The van der Waals surface area contributed by atoms with Crippen molar-refractivity contribution in [1.29, 1.82) is 0 Å². The lowest BCUT2D eigenvalue weighted by atomic mass is 9.96. The average molecular weight is 327 g/mol. The van der Waals surface area contributed by atoms with Crippen LogP contribution in [0.1, 0.15) is 43.9 Å². The lowest BCUT2D eigenvalue weighted by molar-refractivity contribution is -0.140. The molecule has 0 saturated heterocycles. The number of hydrogen-bond acceptors (Lipinski definition) is 2. The molecule has 1 heterocycles. The van der Waals surface area contributed by atoms with Gasteiger partial charge in [-0.25, -0.2) is 4.39 Å². The Morgan fingerprint density at radius 3 is 2.50 bits per heavy atom. The van der Waals surface area contributed by atoms with E-state index in [1.807, 2.05) is 45.0 Å². The topological polar surface area (TPSA) is 29.5 Å². The molecule has 0 fully saturated rings. The number of benzene rings is 2. The average Bonchev–Trinajstić information content (AvgIpc) is 2.93. The maximum absolute atomic E-state index is 13.1. The van der Waals surface area contributed by atoms with Gasteiger partial charge in [0.2, 0.25) is 0 Å². The molecule has 24 heavy (non-hydrogen) atoms. The summed E-state index contributed by atoms with van der Waals surface area (Å²) in [5.41, 5.74) is 1.98. The van der Waals surface area contributed by atoms with Gasteiger partial charge in [0.05, 0.1) is 6.04 Å². The molecule has 0 N–H and O–H groups in total. The number of carbonyl (C=O) groups is 1. The first-order chi connectivity index (χ1) is 11.5. The second kappa shape index (κ2) is 6.63. The first kappa shape index (κ1) is 16.5. The molecule has 3 rings (SSSR count). The molecule has 3 atom stereocenters. The zero-order chi connectivity index (χ0) is 17.3. The van der Waals surface area contributed by atoms with Crippen molar-refractivity contribution in [2.45, 2.75) is 38.8 Å². The third-order valence-electron chi connectivity index (χ3n) is 4.80. The molecular weight excluding hydrogens is 305 g/mol. The van der Waals surface area contributed by atoms with Crippen LogP contribution in [0.4, 0.5) is 4.39 Å². The van der Waals surface area contributed by atoms with Gasteiger partial charge >= 0.3 is 0 Å². The van der Waals surface area contributed by atoms with Crippen LogP contribution in [0.3, 0.4) is 0 Å². The first-order valence-corrected chi connectivity index (χ1v) is 8.34. The van der Waals surface area contributed by atoms with Crippen LogP contribution in [-0.2, 0) is 4.79 Å². The van der Waals surface area contributed by atoms with Crippen LogP contribution >= 0.6 is 0 Å². The van der Waals surface area contributed by atoms with Crippen LogP contribution < -0.4 is 4.74 Å². The Bertz CT molecular complexity index is 729. The van der Waals surface area contributed by atoms with Crippen LogP contribution in [0.15, 0.2) is 48.5 Å². The third-order valence-corrected chi connectivity index (χ3v) is 4.80. The largest absolute Gasteiger partial charge is 0.480 e. The Hall–Kier alpha value is -2.36. The zero-order valence-electron chi connectivity index (χ0n) is 14.2. The van der Waals surface area contributed by atoms with Crippen LogP contribution in [0, 0.1) is 5.82 Å². The maximum Gasteiger partial charge on any atom is 0.264 e. The number of para-hydroxylation sites is 1. The number of carbonyl (C=O) groups excluding carboxylic acids is 1. The fourth-order valence-electron chi connectivity index (χ4n) is 3.34. The molecule has 2 aromatic rings. The van der Waals surface area contributed by atoms with Gasteiger partial charge < -0.3 is 9.64 Å². The number of likely N-dealkylation sites (N-methyl/N-ethyl adjacent to an activating group) is 1. The molecule has 1 aliphatic rings. The Labute approximate surface area is 142 Å². The van der Waals surface area contributed by atoms with E-state index in [2.05, 4.69) is 0 Å². The summed E-state index contributed by atoms with van der Waals surface area (Å²) in [6.45, 7) is 6.50. The smallest absolute Gasteiger partial charge is 0.264 e. The van der Waals surface area contributed by atoms with E-state index in [0.717, 1.165) is 16.9 Å². The summed E-state index contributed by atoms with van der Waals surface area (Å²) in [4.78, 5) is 14.9. The molecule has 3 unspecified atom stereocenters. The van der Waals surface area contributed by atoms with Crippen molar-refractivity contribution in [3.8, 4) is 5.75 Å². The molecule has 0 aromatic heterocycles. The summed E-state index contributed by atoms with van der Waals surface area (Å²) in [6, 6.07) is 14.0. The van der Waals surface area contributed by atoms with E-state index >= 15 is 0 Å². The van der Waals surface area contributed by atoms with E-state index in [9.17, 15) is 9.18 Å². The number of hydrogen-bond donors (Lipinski definition) is 0. The number of amides is 1. The number of ether oxygens (including phenoxy) is 1. The SMILES string of the molecule is CCN(C(=O)C1Oc2ccccc2C1C)C(C)c1ccc(F)cc1. The highest BCUT2D eigenvalue weighted by Gasteiger charge is 2.39. The second-order valence-corrected chi connectivity index (χ2v) is 6.22. The van der Waals surface area contributed by atoms with Gasteiger partial charge in [0.15, 0.2) is 6.10 Å². The van der Waals surface area contributed by atoms with E-state index in [-0.39, 0.29) is 23.7 Å². The Kier molecular flexibility index (Phi) is 4.56. The van der Waals surface area contributed by atoms with Crippen LogP contribution in [-0.4, -0.2) is 23.5 Å². The molecule has 2 aromatic carbocycles. The van der Waals surface area contributed by atoms with Crippen molar-refractivity contribution in [3.05, 3.63) is 65.5 Å². The van der Waals surface area contributed by atoms with Crippen LogP contribution in [0.2, 0.25) is 0 Å². The zero-order valence-corrected chi connectivity index (χ0v) is 14.2. The molecule has 1 amide bonds. The van der Waals surface area contributed by atoms with Gasteiger partial charge in [0.25, 0.3) is 5.91 Å². The predicted octanol–water partition coefficient (Wildman–Crippen LogP) is 4.30. The van der Waals surface area contributed by atoms with Crippen molar-refractivity contribution in [1.82, 2.24) is 4.90 Å². The molecule has 126 valence electrons. The molecule has 1 aliphatic heterocycles. The predicted molar refractivity (Wildman–Crippen MR) is 91.5 cm³/mol. The summed E-state index contributed by atoms with van der Waals surface area (Å²) in [7, 11) is 0. The van der Waals surface area contributed by atoms with Gasteiger partial charge in [0.1, 0.15) is 11.6 Å². The van der Waals surface area contributed by atoms with Crippen molar-refractivity contribution in [2.75, 3.05) is 6.54 Å². The van der Waals surface area contributed by atoms with Gasteiger partial charge in [-0.05, 0) is 37.6 Å². The lowest BCUT2D eigenvalue weighted by Gasteiger charge is -2.31. The molecule has 0 radical (unpaired) electrons.